The Bertz CT molecular complexity index is 546. The minimum absolute atomic E-state index is 0.162. The number of nitrogens with zero attached hydrogens (tertiary/aromatic N) is 1. The number of rotatable bonds is 4. The van der Waals surface area contributed by atoms with Crippen molar-refractivity contribution in [3.8, 4) is 0 Å². The Kier molecular flexibility index (Phi) is 3.10. The third-order valence-electron chi connectivity index (χ3n) is 2.64. The zero-order chi connectivity index (χ0) is 12.4. The average molecular weight is 235 g/mol. The van der Waals surface area contributed by atoms with Gasteiger partial charge in [0.2, 0.25) is 0 Å². The van der Waals surface area contributed by atoms with Crippen LogP contribution >= 0.6 is 0 Å². The Morgan fingerprint density at radius 2 is 2.29 bits per heavy atom. The maximum atomic E-state index is 11.1. The van der Waals surface area contributed by atoms with Crippen LogP contribution in [0.15, 0.2) is 22.6 Å². The largest absolute Gasteiger partial charge is 0.481 e. The summed E-state index contributed by atoms with van der Waals surface area (Å²) in [4.78, 5) is 15.2. The van der Waals surface area contributed by atoms with E-state index in [2.05, 4.69) is 4.98 Å². The lowest BCUT2D eigenvalue weighted by atomic mass is 9.96. The monoisotopic (exact) mass is 235 g/mol. The first-order valence-electron chi connectivity index (χ1n) is 5.32. The van der Waals surface area contributed by atoms with Gasteiger partial charge in [-0.25, -0.2) is 4.98 Å². The van der Waals surface area contributed by atoms with Gasteiger partial charge in [0.1, 0.15) is 5.52 Å². The van der Waals surface area contributed by atoms with Crippen molar-refractivity contribution in [3.63, 3.8) is 0 Å². The van der Waals surface area contributed by atoms with Gasteiger partial charge in [-0.3, -0.25) is 4.79 Å². The number of aliphatic hydroxyl groups is 1. The molecule has 1 atom stereocenters. The van der Waals surface area contributed by atoms with Gasteiger partial charge in [-0.15, -0.1) is 0 Å². The summed E-state index contributed by atoms with van der Waals surface area (Å²) in [6.45, 7) is 1.58. The summed E-state index contributed by atoms with van der Waals surface area (Å²) in [5.41, 5.74) is 1.90. The van der Waals surface area contributed by atoms with Gasteiger partial charge in [0.05, 0.1) is 5.92 Å². The third kappa shape index (κ3) is 2.29. The van der Waals surface area contributed by atoms with Crippen LogP contribution in [0.25, 0.3) is 11.1 Å². The normalized spacial score (nSPS) is 12.8. The summed E-state index contributed by atoms with van der Waals surface area (Å²) in [5.74, 6) is -1.12. The first-order chi connectivity index (χ1) is 8.11. The highest BCUT2D eigenvalue weighted by molar-refractivity contribution is 5.80. The molecule has 0 spiro atoms. The lowest BCUT2D eigenvalue weighted by Gasteiger charge is -2.10. The van der Waals surface area contributed by atoms with E-state index in [0.717, 1.165) is 0 Å². The Morgan fingerprint density at radius 3 is 2.94 bits per heavy atom. The van der Waals surface area contributed by atoms with Crippen LogP contribution in [0.2, 0.25) is 0 Å². The van der Waals surface area contributed by atoms with Gasteiger partial charge < -0.3 is 14.6 Å². The van der Waals surface area contributed by atoms with E-state index in [9.17, 15) is 4.79 Å². The van der Waals surface area contributed by atoms with Crippen molar-refractivity contribution in [1.82, 2.24) is 4.98 Å². The number of aliphatic carboxylic acids is 1. The molecule has 5 nitrogen and oxygen atoms in total. The third-order valence-corrected chi connectivity index (χ3v) is 2.64. The van der Waals surface area contributed by atoms with Crippen LogP contribution in [0.5, 0.6) is 0 Å². The number of oxazole rings is 1. The minimum Gasteiger partial charge on any atom is -0.481 e. The summed E-state index contributed by atoms with van der Waals surface area (Å²) in [6.07, 6.45) is 0.188. The van der Waals surface area contributed by atoms with Crippen molar-refractivity contribution < 1.29 is 19.4 Å². The van der Waals surface area contributed by atoms with Crippen LogP contribution in [0.4, 0.5) is 0 Å². The van der Waals surface area contributed by atoms with Gasteiger partial charge in [0.25, 0.3) is 0 Å². The van der Waals surface area contributed by atoms with Crippen molar-refractivity contribution in [2.75, 3.05) is 6.61 Å². The topological polar surface area (TPSA) is 83.6 Å². The Labute approximate surface area is 97.7 Å². The van der Waals surface area contributed by atoms with E-state index in [1.807, 2.05) is 0 Å². The van der Waals surface area contributed by atoms with Crippen LogP contribution in [0, 0.1) is 6.92 Å². The summed E-state index contributed by atoms with van der Waals surface area (Å²) >= 11 is 0. The molecule has 17 heavy (non-hydrogen) atoms. The molecule has 0 amide bonds. The van der Waals surface area contributed by atoms with Gasteiger partial charge in [0.15, 0.2) is 11.5 Å². The second kappa shape index (κ2) is 4.55. The predicted molar refractivity (Wildman–Crippen MR) is 60.8 cm³/mol. The second-order valence-corrected chi connectivity index (χ2v) is 3.86. The molecule has 1 aromatic carbocycles. The van der Waals surface area contributed by atoms with Crippen LogP contribution < -0.4 is 0 Å². The Morgan fingerprint density at radius 1 is 1.53 bits per heavy atom. The fourth-order valence-electron chi connectivity index (χ4n) is 1.83. The number of hydrogen-bond donors (Lipinski definition) is 2. The maximum absolute atomic E-state index is 11.1. The van der Waals surface area contributed by atoms with Gasteiger partial charge in [0, 0.05) is 13.5 Å². The highest BCUT2D eigenvalue weighted by Gasteiger charge is 2.20. The van der Waals surface area contributed by atoms with Crippen molar-refractivity contribution in [2.24, 2.45) is 0 Å². The van der Waals surface area contributed by atoms with Gasteiger partial charge in [-0.05, 0) is 24.1 Å². The van der Waals surface area contributed by atoms with Crippen LogP contribution in [0.1, 0.15) is 23.8 Å². The SMILES string of the molecule is Cc1nc2ccc(C(CCO)C(=O)O)cc2o1. The zero-order valence-corrected chi connectivity index (χ0v) is 9.38. The summed E-state index contributed by atoms with van der Waals surface area (Å²) < 4.78 is 5.35. The predicted octanol–water partition coefficient (Wildman–Crippen LogP) is 1.69. The zero-order valence-electron chi connectivity index (χ0n) is 9.38. The number of carboxylic acid groups (broad SMARTS) is 1. The van der Waals surface area contributed by atoms with Crippen molar-refractivity contribution in [1.29, 1.82) is 0 Å². The fraction of sp³-hybridized carbons (Fsp3) is 0.333. The number of carbonyl (C=O) groups is 1. The molecule has 2 rings (SSSR count). The molecule has 0 fully saturated rings. The number of aliphatic hydroxyl groups excluding tert-OH is 1. The smallest absolute Gasteiger partial charge is 0.311 e. The van der Waals surface area contributed by atoms with Crippen LogP contribution in [-0.4, -0.2) is 27.8 Å². The number of aromatic nitrogens is 1. The van der Waals surface area contributed by atoms with E-state index < -0.39 is 11.9 Å². The lowest BCUT2D eigenvalue weighted by molar-refractivity contribution is -0.139. The molecule has 0 saturated heterocycles. The molecule has 1 heterocycles. The molecule has 90 valence electrons. The molecule has 0 aliphatic carbocycles. The van der Waals surface area contributed by atoms with Crippen LogP contribution in [-0.2, 0) is 4.79 Å². The molecule has 0 bridgehead atoms. The Hall–Kier alpha value is -1.88. The van der Waals surface area contributed by atoms with E-state index in [1.54, 1.807) is 25.1 Å². The van der Waals surface area contributed by atoms with Gasteiger partial charge in [-0.2, -0.15) is 0 Å². The number of aryl methyl sites for hydroxylation is 1. The molecule has 0 radical (unpaired) electrons. The highest BCUT2D eigenvalue weighted by Crippen LogP contribution is 2.24. The van der Waals surface area contributed by atoms with Gasteiger partial charge >= 0.3 is 5.97 Å². The van der Waals surface area contributed by atoms with E-state index >= 15 is 0 Å². The molecule has 0 aliphatic rings. The molecule has 2 aromatic rings. The number of hydrogen-bond acceptors (Lipinski definition) is 4. The molecular weight excluding hydrogens is 222 g/mol. The second-order valence-electron chi connectivity index (χ2n) is 3.86. The highest BCUT2D eigenvalue weighted by atomic mass is 16.4. The van der Waals surface area contributed by atoms with Gasteiger partial charge in [-0.1, -0.05) is 6.07 Å². The number of fused-ring (bicyclic) bond motifs is 1. The molecule has 2 N–H and O–H groups in total. The van der Waals surface area contributed by atoms with Crippen molar-refractivity contribution in [3.05, 3.63) is 29.7 Å². The first-order valence-corrected chi connectivity index (χ1v) is 5.32. The molecule has 0 aliphatic heterocycles. The fourth-order valence-corrected chi connectivity index (χ4v) is 1.83. The van der Waals surface area contributed by atoms with Crippen molar-refractivity contribution >= 4 is 17.1 Å². The van der Waals surface area contributed by atoms with Crippen LogP contribution in [0.3, 0.4) is 0 Å². The quantitative estimate of drug-likeness (QED) is 0.842. The summed E-state index contributed by atoms with van der Waals surface area (Å²) in [5, 5.41) is 17.9. The molecular formula is C12H13NO4. The maximum Gasteiger partial charge on any atom is 0.311 e. The molecule has 1 unspecified atom stereocenters. The summed E-state index contributed by atoms with van der Waals surface area (Å²) in [6, 6.07) is 5.11. The first kappa shape index (κ1) is 11.6. The summed E-state index contributed by atoms with van der Waals surface area (Å²) in [7, 11) is 0. The lowest BCUT2D eigenvalue weighted by Crippen LogP contribution is -2.13. The standard InChI is InChI=1S/C12H13NO4/c1-7-13-10-3-2-8(6-11(10)17-7)9(4-5-14)12(15)16/h2-3,6,9,14H,4-5H2,1H3,(H,15,16). The molecule has 5 heteroatoms. The van der Waals surface area contributed by atoms with E-state index in [-0.39, 0.29) is 13.0 Å². The number of benzene rings is 1. The average Bonchev–Trinajstić information content (AvgIpc) is 2.64. The van der Waals surface area contributed by atoms with E-state index in [4.69, 9.17) is 14.6 Å². The molecule has 1 aromatic heterocycles. The Balaban J connectivity index is 2.42. The van der Waals surface area contributed by atoms with E-state index in [0.29, 0.717) is 22.6 Å². The minimum atomic E-state index is -0.949. The number of carboxylic acids is 1. The van der Waals surface area contributed by atoms with E-state index in [1.165, 1.54) is 0 Å². The molecule has 0 saturated carbocycles. The van der Waals surface area contributed by atoms with Crippen molar-refractivity contribution in [2.45, 2.75) is 19.3 Å².